The minimum atomic E-state index is -0.932. The van der Waals surface area contributed by atoms with Crippen molar-refractivity contribution in [1.82, 2.24) is 4.90 Å². The van der Waals surface area contributed by atoms with Crippen molar-refractivity contribution in [2.45, 2.75) is 26.9 Å². The van der Waals surface area contributed by atoms with Crippen molar-refractivity contribution < 1.29 is 19.4 Å². The Morgan fingerprint density at radius 1 is 1.29 bits per heavy atom. The highest BCUT2D eigenvalue weighted by atomic mass is 16.5. The van der Waals surface area contributed by atoms with Crippen molar-refractivity contribution in [3.8, 4) is 5.75 Å². The summed E-state index contributed by atoms with van der Waals surface area (Å²) >= 11 is 0. The lowest BCUT2D eigenvalue weighted by Crippen LogP contribution is -2.36. The van der Waals surface area contributed by atoms with Gasteiger partial charge in [-0.1, -0.05) is 19.1 Å². The van der Waals surface area contributed by atoms with E-state index in [1.54, 1.807) is 32.2 Å². The summed E-state index contributed by atoms with van der Waals surface area (Å²) in [5.41, 5.74) is 0.561. The third kappa shape index (κ3) is 5.33. The first-order valence-corrected chi connectivity index (χ1v) is 6.82. The van der Waals surface area contributed by atoms with Crippen LogP contribution < -0.4 is 10.1 Å². The summed E-state index contributed by atoms with van der Waals surface area (Å²) in [6, 6.07) is 6.76. The first-order valence-electron chi connectivity index (χ1n) is 6.82. The Bertz CT molecular complexity index is 502. The predicted octanol–water partition coefficient (Wildman–Crippen LogP) is 2.66. The molecule has 21 heavy (non-hydrogen) atoms. The zero-order chi connectivity index (χ0) is 16.0. The van der Waals surface area contributed by atoms with Crippen LogP contribution in [0.4, 0.5) is 10.5 Å². The number of nitrogens with zero attached hydrogens (tertiary/aromatic N) is 1. The summed E-state index contributed by atoms with van der Waals surface area (Å²) in [6.07, 6.45) is -0.00665. The summed E-state index contributed by atoms with van der Waals surface area (Å²) in [4.78, 5) is 24.2. The van der Waals surface area contributed by atoms with E-state index in [-0.39, 0.29) is 18.7 Å². The van der Waals surface area contributed by atoms with Gasteiger partial charge in [-0.25, -0.2) is 4.79 Å². The second kappa shape index (κ2) is 7.52. The molecule has 6 nitrogen and oxygen atoms in total. The first-order chi connectivity index (χ1) is 9.81. The van der Waals surface area contributed by atoms with E-state index in [2.05, 4.69) is 5.32 Å². The number of benzene rings is 1. The number of hydrogen-bond donors (Lipinski definition) is 2. The first kappa shape index (κ1) is 16.8. The average Bonchev–Trinajstić information content (AvgIpc) is 2.40. The second-order valence-corrected chi connectivity index (χ2v) is 5.21. The molecule has 1 rings (SSSR count). The highest BCUT2D eigenvalue weighted by Crippen LogP contribution is 2.25. The quantitative estimate of drug-likeness (QED) is 0.845. The van der Waals surface area contributed by atoms with Gasteiger partial charge in [-0.15, -0.1) is 0 Å². The maximum atomic E-state index is 12.1. The van der Waals surface area contributed by atoms with Crippen molar-refractivity contribution >= 4 is 17.7 Å². The molecular weight excluding hydrogens is 272 g/mol. The van der Waals surface area contributed by atoms with Crippen molar-refractivity contribution in [2.24, 2.45) is 5.92 Å². The standard InChI is InChI=1S/C15H22N2O4/c1-10(2)21-13-8-6-5-7-12(13)16-15(20)17(4)9-11(3)14(18)19/h5-8,10-11H,9H2,1-4H3,(H,16,20)(H,18,19). The van der Waals surface area contributed by atoms with Gasteiger partial charge in [0.25, 0.3) is 0 Å². The fourth-order valence-corrected chi connectivity index (χ4v) is 1.71. The van der Waals surface area contributed by atoms with Gasteiger partial charge in [-0.3, -0.25) is 4.79 Å². The van der Waals surface area contributed by atoms with E-state index in [1.165, 1.54) is 4.90 Å². The Balaban J connectivity index is 2.72. The van der Waals surface area contributed by atoms with Crippen molar-refractivity contribution in [1.29, 1.82) is 0 Å². The number of hydrogen-bond acceptors (Lipinski definition) is 3. The van der Waals surface area contributed by atoms with Gasteiger partial charge in [-0.05, 0) is 26.0 Å². The summed E-state index contributed by atoms with van der Waals surface area (Å²) < 4.78 is 5.62. The largest absolute Gasteiger partial charge is 0.489 e. The van der Waals surface area contributed by atoms with E-state index in [0.29, 0.717) is 11.4 Å². The molecule has 0 heterocycles. The molecule has 0 aliphatic carbocycles. The molecule has 2 amide bonds. The Morgan fingerprint density at radius 2 is 1.90 bits per heavy atom. The van der Waals surface area contributed by atoms with E-state index in [1.807, 2.05) is 19.9 Å². The van der Waals surface area contributed by atoms with E-state index in [0.717, 1.165) is 0 Å². The van der Waals surface area contributed by atoms with Crippen LogP contribution in [0.15, 0.2) is 24.3 Å². The monoisotopic (exact) mass is 294 g/mol. The molecule has 0 bridgehead atoms. The molecule has 1 aromatic carbocycles. The molecule has 0 fully saturated rings. The molecule has 0 aliphatic heterocycles. The van der Waals surface area contributed by atoms with Crippen LogP contribution in [0.5, 0.6) is 5.75 Å². The van der Waals surface area contributed by atoms with Crippen molar-refractivity contribution in [3.05, 3.63) is 24.3 Å². The molecule has 0 aromatic heterocycles. The number of para-hydroxylation sites is 2. The zero-order valence-electron chi connectivity index (χ0n) is 12.8. The van der Waals surface area contributed by atoms with E-state index in [9.17, 15) is 9.59 Å². The molecule has 116 valence electrons. The summed E-state index contributed by atoms with van der Waals surface area (Å²) in [5, 5.41) is 11.6. The number of aliphatic carboxylic acids is 1. The van der Waals surface area contributed by atoms with Crippen molar-refractivity contribution in [2.75, 3.05) is 18.9 Å². The lowest BCUT2D eigenvalue weighted by molar-refractivity contribution is -0.141. The van der Waals surface area contributed by atoms with Crippen LogP contribution in [0.3, 0.4) is 0 Å². The van der Waals surface area contributed by atoms with Crippen LogP contribution >= 0.6 is 0 Å². The minimum Gasteiger partial charge on any atom is -0.489 e. The number of anilines is 1. The fourth-order valence-electron chi connectivity index (χ4n) is 1.71. The number of amides is 2. The Morgan fingerprint density at radius 3 is 2.48 bits per heavy atom. The van der Waals surface area contributed by atoms with Gasteiger partial charge >= 0.3 is 12.0 Å². The Kier molecular flexibility index (Phi) is 6.02. The van der Waals surface area contributed by atoms with Crippen LogP contribution in [0.2, 0.25) is 0 Å². The molecule has 0 radical (unpaired) electrons. The van der Waals surface area contributed by atoms with E-state index in [4.69, 9.17) is 9.84 Å². The lowest BCUT2D eigenvalue weighted by atomic mass is 10.2. The SMILES string of the molecule is CC(C)Oc1ccccc1NC(=O)N(C)CC(C)C(=O)O. The van der Waals surface area contributed by atoms with E-state index >= 15 is 0 Å². The van der Waals surface area contributed by atoms with Crippen LogP contribution in [0.25, 0.3) is 0 Å². The van der Waals surface area contributed by atoms with Gasteiger partial charge in [0.05, 0.1) is 17.7 Å². The van der Waals surface area contributed by atoms with Gasteiger partial charge in [0.15, 0.2) is 0 Å². The molecule has 1 atom stereocenters. The third-order valence-electron chi connectivity index (χ3n) is 2.81. The molecule has 0 aliphatic rings. The topological polar surface area (TPSA) is 78.9 Å². The van der Waals surface area contributed by atoms with Gasteiger partial charge in [0.2, 0.25) is 0 Å². The van der Waals surface area contributed by atoms with Crippen LogP contribution in [-0.2, 0) is 4.79 Å². The normalized spacial score (nSPS) is 11.9. The smallest absolute Gasteiger partial charge is 0.321 e. The molecule has 6 heteroatoms. The second-order valence-electron chi connectivity index (χ2n) is 5.21. The molecule has 0 spiro atoms. The van der Waals surface area contributed by atoms with Gasteiger partial charge < -0.3 is 20.1 Å². The van der Waals surface area contributed by atoms with E-state index < -0.39 is 11.9 Å². The molecule has 0 saturated heterocycles. The summed E-state index contributed by atoms with van der Waals surface area (Å²) in [7, 11) is 1.56. The number of nitrogens with one attached hydrogen (secondary N) is 1. The molecule has 1 unspecified atom stereocenters. The molecular formula is C15H22N2O4. The highest BCUT2D eigenvalue weighted by Gasteiger charge is 2.18. The van der Waals surface area contributed by atoms with Gasteiger partial charge in [0.1, 0.15) is 5.75 Å². The summed E-state index contributed by atoms with van der Waals surface area (Å²) in [5.74, 6) is -0.971. The maximum absolute atomic E-state index is 12.1. The number of ether oxygens (including phenoxy) is 1. The highest BCUT2D eigenvalue weighted by molar-refractivity contribution is 5.91. The van der Waals surface area contributed by atoms with Gasteiger partial charge in [0, 0.05) is 13.6 Å². The Labute approximate surface area is 124 Å². The van der Waals surface area contributed by atoms with Crippen LogP contribution in [0, 0.1) is 5.92 Å². The fraction of sp³-hybridized carbons (Fsp3) is 0.467. The Hall–Kier alpha value is -2.24. The number of urea groups is 1. The van der Waals surface area contributed by atoms with Crippen LogP contribution in [0.1, 0.15) is 20.8 Å². The number of carbonyl (C=O) groups excluding carboxylic acids is 1. The maximum Gasteiger partial charge on any atom is 0.321 e. The third-order valence-corrected chi connectivity index (χ3v) is 2.81. The number of carboxylic acids is 1. The molecule has 0 saturated carbocycles. The number of carboxylic acid groups (broad SMARTS) is 1. The average molecular weight is 294 g/mol. The number of carbonyl (C=O) groups is 2. The zero-order valence-corrected chi connectivity index (χ0v) is 12.8. The minimum absolute atomic E-state index is 0.00665. The number of rotatable bonds is 6. The lowest BCUT2D eigenvalue weighted by Gasteiger charge is -2.21. The molecule has 2 N–H and O–H groups in total. The molecule has 1 aromatic rings. The predicted molar refractivity (Wildman–Crippen MR) is 80.7 cm³/mol. The van der Waals surface area contributed by atoms with Crippen molar-refractivity contribution in [3.63, 3.8) is 0 Å². The summed E-state index contributed by atoms with van der Waals surface area (Å²) in [6.45, 7) is 5.49. The van der Waals surface area contributed by atoms with Gasteiger partial charge in [-0.2, -0.15) is 0 Å². The van der Waals surface area contributed by atoms with Crippen LogP contribution in [-0.4, -0.2) is 41.7 Å².